The summed E-state index contributed by atoms with van der Waals surface area (Å²) in [4.78, 5) is 10.7. The van der Waals surface area contributed by atoms with Crippen LogP contribution in [-0.2, 0) is 37.0 Å². The predicted octanol–water partition coefficient (Wildman–Crippen LogP) is 2.77. The molecular weight excluding hydrogens is 384 g/mol. The van der Waals surface area contributed by atoms with Crippen LogP contribution in [0.25, 0.3) is 0 Å². The van der Waals surface area contributed by atoms with Gasteiger partial charge in [-0.3, -0.25) is 11.7 Å². The van der Waals surface area contributed by atoms with E-state index < -0.39 is 5.97 Å². The summed E-state index contributed by atoms with van der Waals surface area (Å²) in [5.41, 5.74) is 1.50. The van der Waals surface area contributed by atoms with E-state index in [-0.39, 0.29) is 26.5 Å². The molecule has 1 aromatic carbocycles. The maximum atomic E-state index is 10.7. The van der Waals surface area contributed by atoms with Crippen LogP contribution in [0.5, 0.6) is 0 Å². The maximum Gasteiger partial charge on any atom is 0.164 e. The molecule has 0 N–H and O–H groups in total. The SMILES string of the molecule is [CH2-]C(=O)OCC1(Cc2ccccc2)CCC1.[W]. The van der Waals surface area contributed by atoms with E-state index in [9.17, 15) is 4.79 Å². The molecule has 1 aliphatic carbocycles. The second kappa shape index (κ2) is 6.25. The molecule has 0 heterocycles. The van der Waals surface area contributed by atoms with Crippen LogP contribution in [-0.4, -0.2) is 12.6 Å². The zero-order valence-corrected chi connectivity index (χ0v) is 12.8. The Morgan fingerprint density at radius 3 is 2.41 bits per heavy atom. The molecule has 0 radical (unpaired) electrons. The summed E-state index contributed by atoms with van der Waals surface area (Å²) in [6.07, 6.45) is 4.53. The third kappa shape index (κ3) is 3.88. The quantitative estimate of drug-likeness (QED) is 0.573. The van der Waals surface area contributed by atoms with Gasteiger partial charge in [-0.1, -0.05) is 36.8 Å². The molecule has 3 heteroatoms. The van der Waals surface area contributed by atoms with Gasteiger partial charge in [0.1, 0.15) is 0 Å². The Balaban J connectivity index is 0.00000144. The van der Waals surface area contributed by atoms with E-state index in [0.29, 0.717) is 6.61 Å². The molecule has 1 aromatic rings. The molecule has 1 fully saturated rings. The Morgan fingerprint density at radius 2 is 1.94 bits per heavy atom. The van der Waals surface area contributed by atoms with Gasteiger partial charge in [0.2, 0.25) is 0 Å². The molecule has 92 valence electrons. The van der Waals surface area contributed by atoms with Gasteiger partial charge >= 0.3 is 0 Å². The van der Waals surface area contributed by atoms with Gasteiger partial charge in [0, 0.05) is 26.5 Å². The average molecular weight is 401 g/mol. The largest absolute Gasteiger partial charge is 0.488 e. The van der Waals surface area contributed by atoms with E-state index in [4.69, 9.17) is 4.74 Å². The number of carbonyl (C=O) groups is 1. The molecule has 1 saturated carbocycles. The van der Waals surface area contributed by atoms with Crippen LogP contribution in [0, 0.1) is 12.3 Å². The first-order chi connectivity index (χ1) is 7.70. The van der Waals surface area contributed by atoms with Gasteiger partial charge in [0.15, 0.2) is 5.97 Å². The first-order valence-corrected chi connectivity index (χ1v) is 5.73. The Hall–Kier alpha value is -0.752. The molecular formula is C14H17O2W-. The summed E-state index contributed by atoms with van der Waals surface area (Å²) in [6, 6.07) is 10.4. The van der Waals surface area contributed by atoms with Crippen LogP contribution >= 0.6 is 0 Å². The van der Waals surface area contributed by atoms with Crippen molar-refractivity contribution < 1.29 is 30.6 Å². The number of benzene rings is 1. The average Bonchev–Trinajstić information content (AvgIpc) is 2.23. The zero-order valence-electron chi connectivity index (χ0n) is 9.85. The monoisotopic (exact) mass is 401 g/mol. The van der Waals surface area contributed by atoms with Gasteiger partial charge in [-0.05, 0) is 24.8 Å². The van der Waals surface area contributed by atoms with Crippen molar-refractivity contribution in [1.82, 2.24) is 0 Å². The van der Waals surface area contributed by atoms with Crippen molar-refractivity contribution in [3.05, 3.63) is 42.8 Å². The van der Waals surface area contributed by atoms with Crippen LogP contribution in [0.2, 0.25) is 0 Å². The molecule has 0 aromatic heterocycles. The van der Waals surface area contributed by atoms with Gasteiger partial charge in [-0.2, -0.15) is 0 Å². The number of hydrogen-bond donors (Lipinski definition) is 0. The smallest absolute Gasteiger partial charge is 0.164 e. The summed E-state index contributed by atoms with van der Waals surface area (Å²) in [5.74, 6) is -0.417. The molecule has 0 unspecified atom stereocenters. The first-order valence-electron chi connectivity index (χ1n) is 5.73. The molecule has 1 aliphatic rings. The molecule has 0 spiro atoms. The predicted molar refractivity (Wildman–Crippen MR) is 62.7 cm³/mol. The standard InChI is InChI=1S/C14H17O2.W/c1-12(15)16-11-14(8-5-9-14)10-13-6-3-2-4-7-13;/h2-4,6-7H,1,5,8-11H2;/q-1;. The van der Waals surface area contributed by atoms with Crippen LogP contribution in [0.15, 0.2) is 30.3 Å². The maximum absolute atomic E-state index is 10.7. The molecule has 2 nitrogen and oxygen atoms in total. The van der Waals surface area contributed by atoms with E-state index in [1.54, 1.807) is 0 Å². The zero-order chi connectivity index (χ0) is 11.4. The number of rotatable bonds is 4. The molecule has 0 saturated heterocycles. The molecule has 0 atom stereocenters. The second-order valence-corrected chi connectivity index (χ2v) is 4.68. The van der Waals surface area contributed by atoms with Crippen molar-refractivity contribution in [3.8, 4) is 0 Å². The third-order valence-corrected chi connectivity index (χ3v) is 3.38. The molecule has 2 rings (SSSR count). The number of hydrogen-bond acceptors (Lipinski definition) is 2. The fourth-order valence-corrected chi connectivity index (χ4v) is 2.31. The van der Waals surface area contributed by atoms with Gasteiger partial charge in [-0.25, -0.2) is 0 Å². The minimum absolute atomic E-state index is 0. The minimum Gasteiger partial charge on any atom is -0.488 e. The summed E-state index contributed by atoms with van der Waals surface area (Å²) in [5, 5.41) is 0. The van der Waals surface area contributed by atoms with Crippen molar-refractivity contribution in [2.75, 3.05) is 6.61 Å². The molecule has 0 bridgehead atoms. The third-order valence-electron chi connectivity index (χ3n) is 3.38. The summed E-state index contributed by atoms with van der Waals surface area (Å²) >= 11 is 0. The van der Waals surface area contributed by atoms with E-state index in [1.807, 2.05) is 6.07 Å². The van der Waals surface area contributed by atoms with Crippen LogP contribution in [0.4, 0.5) is 0 Å². The first kappa shape index (κ1) is 14.3. The topological polar surface area (TPSA) is 26.3 Å². The number of carbonyl (C=O) groups excluding carboxylic acids is 1. The normalized spacial score (nSPS) is 16.5. The van der Waals surface area contributed by atoms with Crippen molar-refractivity contribution in [3.63, 3.8) is 0 Å². The van der Waals surface area contributed by atoms with E-state index in [1.165, 1.54) is 12.0 Å². The van der Waals surface area contributed by atoms with E-state index in [2.05, 4.69) is 31.2 Å². The van der Waals surface area contributed by atoms with Crippen molar-refractivity contribution in [1.29, 1.82) is 0 Å². The Kier molecular flexibility index (Phi) is 5.26. The molecule has 0 aliphatic heterocycles. The van der Waals surface area contributed by atoms with Gasteiger partial charge in [0.25, 0.3) is 0 Å². The second-order valence-electron chi connectivity index (χ2n) is 4.68. The van der Waals surface area contributed by atoms with E-state index in [0.717, 1.165) is 19.3 Å². The fraction of sp³-hybridized carbons (Fsp3) is 0.429. The van der Waals surface area contributed by atoms with Crippen LogP contribution in [0.1, 0.15) is 24.8 Å². The number of esters is 1. The Morgan fingerprint density at radius 1 is 1.29 bits per heavy atom. The number of ether oxygens (including phenoxy) is 1. The van der Waals surface area contributed by atoms with Crippen molar-refractivity contribution >= 4 is 5.97 Å². The van der Waals surface area contributed by atoms with Gasteiger partial charge in [-0.15, -0.1) is 0 Å². The molecule has 0 amide bonds. The van der Waals surface area contributed by atoms with Crippen LogP contribution < -0.4 is 0 Å². The van der Waals surface area contributed by atoms with Crippen molar-refractivity contribution in [2.45, 2.75) is 25.7 Å². The van der Waals surface area contributed by atoms with Crippen LogP contribution in [0.3, 0.4) is 0 Å². The summed E-state index contributed by atoms with van der Waals surface area (Å²) in [7, 11) is 0. The summed E-state index contributed by atoms with van der Waals surface area (Å²) in [6.45, 7) is 3.76. The molecule has 17 heavy (non-hydrogen) atoms. The Bertz CT molecular complexity index is 358. The van der Waals surface area contributed by atoms with Gasteiger partial charge < -0.3 is 4.74 Å². The summed E-state index contributed by atoms with van der Waals surface area (Å²) < 4.78 is 5.07. The fourth-order valence-electron chi connectivity index (χ4n) is 2.31. The van der Waals surface area contributed by atoms with Crippen molar-refractivity contribution in [2.24, 2.45) is 5.41 Å². The minimum atomic E-state index is -0.417. The Labute approximate surface area is 117 Å². The van der Waals surface area contributed by atoms with Gasteiger partial charge in [0.05, 0.1) is 6.61 Å². The van der Waals surface area contributed by atoms with E-state index >= 15 is 0 Å².